The number of hydrogen-bond donors (Lipinski definition) is 3. The highest BCUT2D eigenvalue weighted by Gasteiger charge is 2.29. The van der Waals surface area contributed by atoms with Crippen LogP contribution < -0.4 is 10.6 Å². The molecule has 0 saturated heterocycles. The summed E-state index contributed by atoms with van der Waals surface area (Å²) in [5, 5.41) is 14.4. The molecule has 3 rings (SSSR count). The van der Waals surface area contributed by atoms with Gasteiger partial charge in [-0.3, -0.25) is 5.10 Å². The third kappa shape index (κ3) is 2.33. The summed E-state index contributed by atoms with van der Waals surface area (Å²) in [5.74, 6) is 1.44. The van der Waals surface area contributed by atoms with Gasteiger partial charge in [-0.05, 0) is 19.8 Å². The van der Waals surface area contributed by atoms with Gasteiger partial charge >= 0.3 is 0 Å². The zero-order valence-corrected chi connectivity index (χ0v) is 11.1. The zero-order valence-electron chi connectivity index (χ0n) is 11.1. The number of ether oxygens (including phenoxy) is 1. The van der Waals surface area contributed by atoms with E-state index >= 15 is 0 Å². The van der Waals surface area contributed by atoms with Crippen molar-refractivity contribution in [3.8, 4) is 0 Å². The molecule has 0 spiro atoms. The maximum atomic E-state index is 5.29. The molecular weight excluding hydrogens is 244 g/mol. The van der Waals surface area contributed by atoms with Gasteiger partial charge in [-0.2, -0.15) is 15.1 Å². The Bertz CT molecular complexity index is 562. The second-order valence-corrected chi connectivity index (χ2v) is 4.73. The zero-order chi connectivity index (χ0) is 13.2. The summed E-state index contributed by atoms with van der Waals surface area (Å²) in [6.45, 7) is 2.80. The van der Waals surface area contributed by atoms with E-state index in [1.165, 1.54) is 0 Å². The van der Waals surface area contributed by atoms with Crippen LogP contribution in [0.3, 0.4) is 0 Å². The largest absolute Gasteiger partial charge is 0.381 e. The Hall–Kier alpha value is -1.89. The third-order valence-electron chi connectivity index (χ3n) is 3.41. The molecule has 1 saturated carbocycles. The number of nitrogens with zero attached hydrogens (tertiary/aromatic N) is 3. The normalized spacial score (nSPS) is 22.2. The number of aromatic nitrogens is 4. The molecule has 7 nitrogen and oxygen atoms in total. The minimum absolute atomic E-state index is 0.368. The first kappa shape index (κ1) is 12.2. The van der Waals surface area contributed by atoms with E-state index in [1.54, 1.807) is 13.3 Å². The smallest absolute Gasteiger partial charge is 0.226 e. The number of H-pyrrole nitrogens is 1. The molecule has 0 aliphatic heterocycles. The Balaban J connectivity index is 1.82. The molecule has 0 aromatic carbocycles. The van der Waals surface area contributed by atoms with E-state index in [4.69, 9.17) is 4.74 Å². The van der Waals surface area contributed by atoms with Crippen LogP contribution in [0.5, 0.6) is 0 Å². The van der Waals surface area contributed by atoms with Crippen LogP contribution in [-0.4, -0.2) is 46.0 Å². The second-order valence-electron chi connectivity index (χ2n) is 4.73. The summed E-state index contributed by atoms with van der Waals surface area (Å²) in [6.07, 6.45) is 4.14. The molecule has 0 amide bonds. The van der Waals surface area contributed by atoms with Crippen molar-refractivity contribution in [2.75, 3.05) is 24.3 Å². The summed E-state index contributed by atoms with van der Waals surface area (Å²) in [4.78, 5) is 8.86. The van der Waals surface area contributed by atoms with Crippen LogP contribution in [0.15, 0.2) is 6.20 Å². The SMILES string of the molecule is CCNc1nc(NC2CC(OC)C2)c2cn[nH]c2n1. The van der Waals surface area contributed by atoms with Gasteiger partial charge in [0, 0.05) is 19.7 Å². The molecule has 2 heterocycles. The quantitative estimate of drug-likeness (QED) is 0.754. The summed E-state index contributed by atoms with van der Waals surface area (Å²) in [5.41, 5.74) is 0.746. The number of aromatic amines is 1. The fraction of sp³-hybridized carbons (Fsp3) is 0.583. The molecular formula is C12H18N6O. The summed E-state index contributed by atoms with van der Waals surface area (Å²) >= 11 is 0. The van der Waals surface area contributed by atoms with E-state index in [9.17, 15) is 0 Å². The van der Waals surface area contributed by atoms with E-state index < -0.39 is 0 Å². The van der Waals surface area contributed by atoms with Crippen molar-refractivity contribution in [1.82, 2.24) is 20.2 Å². The van der Waals surface area contributed by atoms with Crippen LogP contribution in [0.25, 0.3) is 11.0 Å². The Morgan fingerprint density at radius 3 is 3.00 bits per heavy atom. The van der Waals surface area contributed by atoms with Crippen molar-refractivity contribution in [3.05, 3.63) is 6.20 Å². The van der Waals surface area contributed by atoms with Crippen molar-refractivity contribution in [1.29, 1.82) is 0 Å². The van der Waals surface area contributed by atoms with Crippen molar-refractivity contribution in [3.63, 3.8) is 0 Å². The van der Waals surface area contributed by atoms with Crippen molar-refractivity contribution < 1.29 is 4.74 Å². The average Bonchev–Trinajstić information content (AvgIpc) is 2.81. The molecule has 0 atom stereocenters. The minimum atomic E-state index is 0.368. The van der Waals surface area contributed by atoms with Gasteiger partial charge in [0.25, 0.3) is 0 Å². The van der Waals surface area contributed by atoms with Crippen LogP contribution in [-0.2, 0) is 4.74 Å². The second kappa shape index (κ2) is 5.00. The molecule has 0 unspecified atom stereocenters. The van der Waals surface area contributed by atoms with Crippen LogP contribution in [0.2, 0.25) is 0 Å². The lowest BCUT2D eigenvalue weighted by atomic mass is 9.89. The number of rotatable bonds is 5. The van der Waals surface area contributed by atoms with E-state index in [2.05, 4.69) is 30.8 Å². The van der Waals surface area contributed by atoms with Gasteiger partial charge < -0.3 is 15.4 Å². The molecule has 0 radical (unpaired) electrons. The summed E-state index contributed by atoms with van der Waals surface area (Å²) < 4.78 is 5.29. The first-order valence-corrected chi connectivity index (χ1v) is 6.54. The lowest BCUT2D eigenvalue weighted by Gasteiger charge is -2.35. The highest BCUT2D eigenvalue weighted by molar-refractivity contribution is 5.87. The molecule has 2 aromatic heterocycles. The standard InChI is InChI=1S/C12H18N6O/c1-3-13-12-16-10(9-6-14-18-11(9)17-12)15-7-4-8(5-7)19-2/h6-8H,3-5H2,1-2H3,(H3,13,14,15,16,17,18). The number of anilines is 2. The predicted molar refractivity (Wildman–Crippen MR) is 73.3 cm³/mol. The van der Waals surface area contributed by atoms with Crippen molar-refractivity contribution in [2.24, 2.45) is 0 Å². The van der Waals surface area contributed by atoms with Gasteiger partial charge in [-0.1, -0.05) is 0 Å². The lowest BCUT2D eigenvalue weighted by molar-refractivity contribution is 0.0328. The van der Waals surface area contributed by atoms with Crippen LogP contribution in [0, 0.1) is 0 Å². The highest BCUT2D eigenvalue weighted by Crippen LogP contribution is 2.28. The fourth-order valence-corrected chi connectivity index (χ4v) is 2.25. The number of nitrogens with one attached hydrogen (secondary N) is 3. The maximum Gasteiger partial charge on any atom is 0.226 e. The number of methoxy groups -OCH3 is 1. The van der Waals surface area contributed by atoms with E-state index in [1.807, 2.05) is 6.92 Å². The summed E-state index contributed by atoms with van der Waals surface area (Å²) in [6, 6.07) is 0.410. The van der Waals surface area contributed by atoms with Crippen molar-refractivity contribution in [2.45, 2.75) is 31.9 Å². The van der Waals surface area contributed by atoms with E-state index in [0.29, 0.717) is 18.1 Å². The fourth-order valence-electron chi connectivity index (χ4n) is 2.25. The van der Waals surface area contributed by atoms with E-state index in [0.717, 1.165) is 36.2 Å². The van der Waals surface area contributed by atoms with Gasteiger partial charge in [-0.15, -0.1) is 0 Å². The Morgan fingerprint density at radius 2 is 2.26 bits per heavy atom. The molecule has 1 fully saturated rings. The molecule has 3 N–H and O–H groups in total. The molecule has 1 aliphatic rings. The lowest BCUT2D eigenvalue weighted by Crippen LogP contribution is -2.40. The highest BCUT2D eigenvalue weighted by atomic mass is 16.5. The number of hydrogen-bond acceptors (Lipinski definition) is 6. The maximum absolute atomic E-state index is 5.29. The number of fused-ring (bicyclic) bond motifs is 1. The van der Waals surface area contributed by atoms with E-state index in [-0.39, 0.29) is 0 Å². The van der Waals surface area contributed by atoms with Gasteiger partial charge in [0.1, 0.15) is 5.82 Å². The van der Waals surface area contributed by atoms with Gasteiger partial charge in [-0.25, -0.2) is 0 Å². The predicted octanol–water partition coefficient (Wildman–Crippen LogP) is 1.37. The molecule has 0 bridgehead atoms. The van der Waals surface area contributed by atoms with Crippen LogP contribution >= 0.6 is 0 Å². The average molecular weight is 262 g/mol. The first-order valence-electron chi connectivity index (χ1n) is 6.54. The van der Waals surface area contributed by atoms with Crippen LogP contribution in [0.4, 0.5) is 11.8 Å². The van der Waals surface area contributed by atoms with Crippen molar-refractivity contribution >= 4 is 22.8 Å². The Morgan fingerprint density at radius 1 is 1.42 bits per heavy atom. The van der Waals surface area contributed by atoms with Gasteiger partial charge in [0.05, 0.1) is 17.7 Å². The monoisotopic (exact) mass is 262 g/mol. The minimum Gasteiger partial charge on any atom is -0.381 e. The third-order valence-corrected chi connectivity index (χ3v) is 3.41. The van der Waals surface area contributed by atoms with Gasteiger partial charge in [0.15, 0.2) is 5.65 Å². The molecule has 7 heteroatoms. The molecule has 1 aliphatic carbocycles. The van der Waals surface area contributed by atoms with Crippen LogP contribution in [0.1, 0.15) is 19.8 Å². The van der Waals surface area contributed by atoms with Gasteiger partial charge in [0.2, 0.25) is 5.95 Å². The topological polar surface area (TPSA) is 87.8 Å². The molecule has 19 heavy (non-hydrogen) atoms. The Kier molecular flexibility index (Phi) is 3.20. The summed E-state index contributed by atoms with van der Waals surface area (Å²) in [7, 11) is 1.75. The first-order chi connectivity index (χ1) is 9.30. The molecule has 2 aromatic rings. The Labute approximate surface area is 111 Å². The molecule has 102 valence electrons.